The summed E-state index contributed by atoms with van der Waals surface area (Å²) >= 11 is 0. The van der Waals surface area contributed by atoms with Gasteiger partial charge in [-0.3, -0.25) is 4.40 Å². The number of phenolic OH excluding ortho intramolecular Hbond substituents is 2. The van der Waals surface area contributed by atoms with Crippen LogP contribution in [0.2, 0.25) is 0 Å². The highest BCUT2D eigenvalue weighted by Crippen LogP contribution is 2.66. The molecule has 2 aromatic carbocycles. The van der Waals surface area contributed by atoms with Crippen LogP contribution in [0.5, 0.6) is 11.5 Å². The molecule has 1 aliphatic carbocycles. The Bertz CT molecular complexity index is 1450. The third-order valence-electron chi connectivity index (χ3n) is 8.85. The van der Waals surface area contributed by atoms with Gasteiger partial charge in [-0.25, -0.2) is 9.97 Å². The minimum atomic E-state index is -0.352. The van der Waals surface area contributed by atoms with Crippen LogP contribution in [0.1, 0.15) is 79.0 Å². The Kier molecular flexibility index (Phi) is 3.78. The second-order valence-electron chi connectivity index (χ2n) is 12.0. The lowest BCUT2D eigenvalue weighted by molar-refractivity contribution is 0.124. The lowest BCUT2D eigenvalue weighted by atomic mass is 9.59. The van der Waals surface area contributed by atoms with Crippen molar-refractivity contribution in [2.24, 2.45) is 5.41 Å². The molecule has 0 aliphatic heterocycles. The number of fused-ring (bicyclic) bond motifs is 7. The number of imidazole rings is 1. The van der Waals surface area contributed by atoms with Gasteiger partial charge in [-0.05, 0) is 38.9 Å². The van der Waals surface area contributed by atoms with Gasteiger partial charge in [0.15, 0.2) is 11.5 Å². The number of rotatable bonds is 0. The van der Waals surface area contributed by atoms with Gasteiger partial charge in [-0.2, -0.15) is 0 Å². The highest BCUT2D eigenvalue weighted by atomic mass is 16.3. The number of aromatic nitrogens is 3. The standard InChI is InChI=1S/C27H33N3O2/c1-24(2,3)15-12-10-11-14-18(15)28-13-30-20-16-17(21(31)22(32)19(20)29-23(14)30)26(6,7)27(8,9)25(16,4)5/h10-13,31-32H,1-9H3. The maximum atomic E-state index is 11.2. The van der Waals surface area contributed by atoms with E-state index in [1.54, 1.807) is 0 Å². The first kappa shape index (κ1) is 21.0. The molecule has 32 heavy (non-hydrogen) atoms. The Morgan fingerprint density at radius 2 is 1.47 bits per heavy atom. The molecule has 0 saturated carbocycles. The second-order valence-corrected chi connectivity index (χ2v) is 12.0. The molecule has 2 heterocycles. The maximum Gasteiger partial charge on any atom is 0.186 e. The van der Waals surface area contributed by atoms with E-state index < -0.39 is 0 Å². The van der Waals surface area contributed by atoms with Crippen molar-refractivity contribution in [1.29, 1.82) is 0 Å². The van der Waals surface area contributed by atoms with Gasteiger partial charge < -0.3 is 10.2 Å². The molecule has 5 nitrogen and oxygen atoms in total. The molecule has 5 heteroatoms. The van der Waals surface area contributed by atoms with E-state index >= 15 is 0 Å². The zero-order valence-electron chi connectivity index (χ0n) is 20.5. The average molecular weight is 432 g/mol. The van der Waals surface area contributed by atoms with Crippen molar-refractivity contribution in [2.45, 2.75) is 78.6 Å². The molecule has 168 valence electrons. The quantitative estimate of drug-likeness (QED) is 0.319. The molecular weight excluding hydrogens is 398 g/mol. The average Bonchev–Trinajstić information content (AvgIpc) is 3.12. The number of hydrogen-bond donors (Lipinski definition) is 2. The number of para-hydroxylation sites is 1. The summed E-state index contributed by atoms with van der Waals surface area (Å²) < 4.78 is 2.00. The summed E-state index contributed by atoms with van der Waals surface area (Å²) in [6.07, 6.45) is 1.83. The van der Waals surface area contributed by atoms with Crippen LogP contribution in [0.25, 0.3) is 27.6 Å². The molecule has 0 spiro atoms. The second kappa shape index (κ2) is 5.75. The van der Waals surface area contributed by atoms with E-state index in [0.29, 0.717) is 5.52 Å². The van der Waals surface area contributed by atoms with Gasteiger partial charge >= 0.3 is 0 Å². The third kappa shape index (κ3) is 2.19. The van der Waals surface area contributed by atoms with Crippen LogP contribution in [0.15, 0.2) is 24.5 Å². The Balaban J connectivity index is 2.03. The van der Waals surface area contributed by atoms with E-state index in [2.05, 4.69) is 68.4 Å². The topological polar surface area (TPSA) is 70.7 Å². The van der Waals surface area contributed by atoms with Crippen LogP contribution in [-0.2, 0) is 16.2 Å². The van der Waals surface area contributed by atoms with Gasteiger partial charge in [-0.15, -0.1) is 0 Å². The van der Waals surface area contributed by atoms with Gasteiger partial charge in [0.25, 0.3) is 0 Å². The van der Waals surface area contributed by atoms with Crippen LogP contribution < -0.4 is 0 Å². The van der Waals surface area contributed by atoms with Crippen LogP contribution >= 0.6 is 0 Å². The van der Waals surface area contributed by atoms with Crippen LogP contribution in [0.4, 0.5) is 0 Å². The summed E-state index contributed by atoms with van der Waals surface area (Å²) in [5.74, 6) is -0.198. The van der Waals surface area contributed by atoms with Gasteiger partial charge in [0.2, 0.25) is 0 Å². The number of phenols is 2. The number of benzene rings is 2. The molecule has 0 fully saturated rings. The van der Waals surface area contributed by atoms with E-state index in [1.165, 1.54) is 0 Å². The molecule has 0 unspecified atom stereocenters. The summed E-state index contributed by atoms with van der Waals surface area (Å²) in [4.78, 5) is 9.75. The summed E-state index contributed by atoms with van der Waals surface area (Å²) in [7, 11) is 0. The molecule has 0 atom stereocenters. The largest absolute Gasteiger partial charge is 0.504 e. The van der Waals surface area contributed by atoms with E-state index in [-0.39, 0.29) is 33.2 Å². The summed E-state index contributed by atoms with van der Waals surface area (Å²) in [6, 6.07) is 6.19. The Morgan fingerprint density at radius 1 is 0.844 bits per heavy atom. The van der Waals surface area contributed by atoms with Crippen molar-refractivity contribution in [1.82, 2.24) is 14.4 Å². The van der Waals surface area contributed by atoms with E-state index in [1.807, 2.05) is 22.9 Å². The lowest BCUT2D eigenvalue weighted by Crippen LogP contribution is -2.42. The molecule has 0 amide bonds. The predicted molar refractivity (Wildman–Crippen MR) is 130 cm³/mol. The van der Waals surface area contributed by atoms with Gasteiger partial charge in [0, 0.05) is 10.9 Å². The molecule has 0 radical (unpaired) electrons. The number of nitrogens with zero attached hydrogens (tertiary/aromatic N) is 3. The summed E-state index contributed by atoms with van der Waals surface area (Å²) in [5.41, 5.74) is 5.08. The monoisotopic (exact) mass is 431 g/mol. The third-order valence-corrected chi connectivity index (χ3v) is 8.85. The normalized spacial score (nSPS) is 19.2. The highest BCUT2D eigenvalue weighted by molar-refractivity contribution is 6.01. The summed E-state index contributed by atoms with van der Waals surface area (Å²) in [6.45, 7) is 19.8. The zero-order chi connectivity index (χ0) is 23.6. The van der Waals surface area contributed by atoms with Crippen LogP contribution in [-0.4, -0.2) is 24.6 Å². The van der Waals surface area contributed by atoms with Crippen molar-refractivity contribution in [2.75, 3.05) is 0 Å². The Hall–Kier alpha value is -2.82. The fourth-order valence-corrected chi connectivity index (χ4v) is 5.81. The molecule has 2 aromatic heterocycles. The number of hydrogen-bond acceptors (Lipinski definition) is 4. The van der Waals surface area contributed by atoms with Crippen LogP contribution in [0.3, 0.4) is 0 Å². The van der Waals surface area contributed by atoms with E-state index in [4.69, 9.17) is 9.97 Å². The van der Waals surface area contributed by atoms with Crippen molar-refractivity contribution < 1.29 is 10.2 Å². The van der Waals surface area contributed by atoms with Crippen molar-refractivity contribution in [3.8, 4) is 11.5 Å². The minimum absolute atomic E-state index is 0.0489. The fraction of sp³-hybridized carbons (Fsp3) is 0.481. The van der Waals surface area contributed by atoms with Crippen molar-refractivity contribution >= 4 is 27.6 Å². The van der Waals surface area contributed by atoms with E-state index in [0.717, 1.165) is 38.8 Å². The van der Waals surface area contributed by atoms with Crippen molar-refractivity contribution in [3.63, 3.8) is 0 Å². The highest BCUT2D eigenvalue weighted by Gasteiger charge is 2.59. The molecule has 5 rings (SSSR count). The lowest BCUT2D eigenvalue weighted by Gasteiger charge is -2.44. The summed E-state index contributed by atoms with van der Waals surface area (Å²) in [5, 5.41) is 23.2. The smallest absolute Gasteiger partial charge is 0.186 e. The molecule has 0 saturated heterocycles. The Morgan fingerprint density at radius 3 is 2.09 bits per heavy atom. The molecule has 0 bridgehead atoms. The maximum absolute atomic E-state index is 11.2. The SMILES string of the molecule is CC(C)(C)c1cccc2c1ncn1c2nc2c(O)c(O)c3c(c21)C(C)(C)C(C)(C)C3(C)C. The first-order valence-electron chi connectivity index (χ1n) is 11.3. The van der Waals surface area contributed by atoms with Gasteiger partial charge in [0.05, 0.1) is 11.0 Å². The molecule has 2 N–H and O–H groups in total. The molecular formula is C27H33N3O2. The van der Waals surface area contributed by atoms with Crippen LogP contribution in [0, 0.1) is 5.41 Å². The fourth-order valence-electron chi connectivity index (χ4n) is 5.81. The molecule has 1 aliphatic rings. The first-order chi connectivity index (χ1) is 14.6. The first-order valence-corrected chi connectivity index (χ1v) is 11.3. The van der Waals surface area contributed by atoms with Crippen molar-refractivity contribution in [3.05, 3.63) is 41.2 Å². The predicted octanol–water partition coefficient (Wildman–Crippen LogP) is 6.34. The van der Waals surface area contributed by atoms with E-state index in [9.17, 15) is 10.2 Å². The minimum Gasteiger partial charge on any atom is -0.504 e. The van der Waals surface area contributed by atoms with Gasteiger partial charge in [-0.1, -0.05) is 74.4 Å². The zero-order valence-corrected chi connectivity index (χ0v) is 20.5. The van der Waals surface area contributed by atoms with Gasteiger partial charge in [0.1, 0.15) is 17.5 Å². The Labute approximate surface area is 189 Å². The molecule has 4 aromatic rings. The number of aromatic hydroxyl groups is 2.